The molecule has 1 heterocycles. The Morgan fingerprint density at radius 1 is 1.00 bits per heavy atom. The topological polar surface area (TPSA) is 59.0 Å². The molecule has 1 saturated carbocycles. The highest BCUT2D eigenvalue weighted by molar-refractivity contribution is 6.77. The van der Waals surface area contributed by atoms with E-state index in [2.05, 4.69) is 23.1 Å². The summed E-state index contributed by atoms with van der Waals surface area (Å²) in [6, 6.07) is 21.1. The first-order chi connectivity index (χ1) is 18.0. The van der Waals surface area contributed by atoms with Crippen LogP contribution in [0.1, 0.15) is 25.7 Å². The lowest BCUT2D eigenvalue weighted by molar-refractivity contribution is -0.134. The molecule has 3 aromatic carbocycles. The highest BCUT2D eigenvalue weighted by atomic mass is 28.3. The Bertz CT molecular complexity index is 1220. The third-order valence-corrected chi connectivity index (χ3v) is 10.7. The van der Waals surface area contributed by atoms with Gasteiger partial charge < -0.3 is 19.5 Å². The number of rotatable bonds is 10. The van der Waals surface area contributed by atoms with Gasteiger partial charge >= 0.3 is 5.97 Å². The molecule has 1 aliphatic heterocycles. The van der Waals surface area contributed by atoms with Crippen LogP contribution in [-0.4, -0.2) is 46.7 Å². The lowest BCUT2D eigenvalue weighted by Crippen LogP contribution is -2.36. The molecule has 2 aliphatic rings. The van der Waals surface area contributed by atoms with Crippen molar-refractivity contribution in [3.63, 3.8) is 0 Å². The summed E-state index contributed by atoms with van der Waals surface area (Å²) in [6.45, 7) is 2.47. The first-order valence-electron chi connectivity index (χ1n) is 13.0. The highest BCUT2D eigenvalue weighted by Crippen LogP contribution is 2.40. The molecule has 193 valence electrons. The van der Waals surface area contributed by atoms with Gasteiger partial charge in [0.2, 0.25) is 0 Å². The molecular formula is C30H33FNO4Si. The van der Waals surface area contributed by atoms with Gasteiger partial charge in [0.1, 0.15) is 26.1 Å². The van der Waals surface area contributed by atoms with Gasteiger partial charge in [-0.3, -0.25) is 4.79 Å². The Morgan fingerprint density at radius 3 is 2.43 bits per heavy atom. The van der Waals surface area contributed by atoms with Gasteiger partial charge in [0.15, 0.2) is 0 Å². The van der Waals surface area contributed by atoms with E-state index in [9.17, 15) is 14.3 Å². The zero-order valence-corrected chi connectivity index (χ0v) is 22.2. The molecule has 0 atom stereocenters. The molecule has 1 aliphatic carbocycles. The second-order valence-electron chi connectivity index (χ2n) is 10.0. The molecule has 0 aromatic heterocycles. The van der Waals surface area contributed by atoms with E-state index in [0.717, 1.165) is 67.1 Å². The predicted octanol–water partition coefficient (Wildman–Crippen LogP) is 5.75. The number of hydrogen-bond donors (Lipinski definition) is 1. The van der Waals surface area contributed by atoms with Gasteiger partial charge in [0.25, 0.3) is 0 Å². The van der Waals surface area contributed by atoms with E-state index in [-0.39, 0.29) is 11.9 Å². The van der Waals surface area contributed by atoms with Gasteiger partial charge in [-0.15, -0.1) is 0 Å². The van der Waals surface area contributed by atoms with Crippen LogP contribution in [0.5, 0.6) is 11.5 Å². The first-order valence-corrected chi connectivity index (χ1v) is 14.8. The predicted molar refractivity (Wildman–Crippen MR) is 146 cm³/mol. The normalized spacial score (nSPS) is 16.1. The second kappa shape index (κ2) is 11.4. The summed E-state index contributed by atoms with van der Waals surface area (Å²) in [5, 5.41) is 10.5. The van der Waals surface area contributed by atoms with Crippen LogP contribution in [-0.2, 0) is 4.79 Å². The number of ether oxygens (including phenoxy) is 2. The number of aliphatic carboxylic acids is 1. The van der Waals surface area contributed by atoms with E-state index < -0.39 is 14.8 Å². The van der Waals surface area contributed by atoms with Crippen LogP contribution in [0.3, 0.4) is 0 Å². The van der Waals surface area contributed by atoms with Crippen molar-refractivity contribution in [2.45, 2.75) is 37.3 Å². The van der Waals surface area contributed by atoms with Gasteiger partial charge in [0.05, 0.1) is 13.7 Å². The first kappa shape index (κ1) is 25.3. The third kappa shape index (κ3) is 6.33. The largest absolute Gasteiger partial charge is 0.497 e. The molecule has 2 fully saturated rings. The molecule has 1 radical (unpaired) electrons. The Balaban J connectivity index is 1.21. The average Bonchev–Trinajstić information content (AvgIpc) is 3.77. The molecular weight excluding hydrogens is 485 g/mol. The summed E-state index contributed by atoms with van der Waals surface area (Å²) in [4.78, 5) is 13.8. The smallest absolute Gasteiger partial charge is 0.300 e. The van der Waals surface area contributed by atoms with Gasteiger partial charge in [0, 0.05) is 36.5 Å². The zero-order chi connectivity index (χ0) is 25.8. The number of anilines is 1. The van der Waals surface area contributed by atoms with Crippen molar-refractivity contribution >= 4 is 25.6 Å². The maximum atomic E-state index is 13.5. The molecule has 7 heteroatoms. The van der Waals surface area contributed by atoms with Crippen LogP contribution < -0.4 is 19.6 Å². The number of carboxylic acid groups (broad SMARTS) is 1. The van der Waals surface area contributed by atoms with Crippen LogP contribution in [0.4, 0.5) is 10.1 Å². The minimum absolute atomic E-state index is 0.239. The fourth-order valence-corrected chi connectivity index (χ4v) is 7.98. The summed E-state index contributed by atoms with van der Waals surface area (Å²) in [7, 11) is 0.591. The number of benzene rings is 3. The summed E-state index contributed by atoms with van der Waals surface area (Å²) in [6.07, 6.45) is 4.33. The van der Waals surface area contributed by atoms with Crippen molar-refractivity contribution in [2.75, 3.05) is 31.7 Å². The summed E-state index contributed by atoms with van der Waals surface area (Å²) >= 11 is 0. The van der Waals surface area contributed by atoms with E-state index >= 15 is 0 Å². The summed E-state index contributed by atoms with van der Waals surface area (Å²) < 4.78 is 25.2. The van der Waals surface area contributed by atoms with Crippen LogP contribution in [0.25, 0.3) is 11.1 Å². The Hall–Kier alpha value is -3.32. The van der Waals surface area contributed by atoms with Gasteiger partial charge in [-0.25, -0.2) is 4.39 Å². The van der Waals surface area contributed by atoms with Gasteiger partial charge in [-0.2, -0.15) is 0 Å². The molecule has 37 heavy (non-hydrogen) atoms. The standard InChI is InChI=1S/C30H33FNO4Si/c1-35-24-9-12-28(22-5-7-23(31)8-6-22)29(18-24)32-15-13-21(14-16-32)19-36-25-3-2-4-27(17-25)37(20-30(33)34)26-10-11-26/h2-9,12,17-18,21,26H,10-11,13-16,19-20H2,1H3,(H,33,34). The van der Waals surface area contributed by atoms with E-state index in [4.69, 9.17) is 9.47 Å². The van der Waals surface area contributed by atoms with Gasteiger partial charge in [-0.1, -0.05) is 42.3 Å². The molecule has 3 aromatic rings. The fourth-order valence-electron chi connectivity index (χ4n) is 5.19. The van der Waals surface area contributed by atoms with Crippen molar-refractivity contribution in [3.05, 3.63) is 72.5 Å². The maximum absolute atomic E-state index is 13.5. The number of carbonyl (C=O) groups is 1. The number of hydrogen-bond acceptors (Lipinski definition) is 4. The lowest BCUT2D eigenvalue weighted by Gasteiger charge is -2.35. The third-order valence-electron chi connectivity index (χ3n) is 7.42. The van der Waals surface area contributed by atoms with Crippen molar-refractivity contribution in [1.29, 1.82) is 0 Å². The fraction of sp³-hybridized carbons (Fsp3) is 0.367. The molecule has 1 N–H and O–H groups in total. The number of nitrogens with zero attached hydrogens (tertiary/aromatic N) is 1. The summed E-state index contributed by atoms with van der Waals surface area (Å²) in [5.41, 5.74) is 3.74. The minimum atomic E-state index is -1.08. The zero-order valence-electron chi connectivity index (χ0n) is 21.2. The average molecular weight is 519 g/mol. The van der Waals surface area contributed by atoms with Crippen LogP contribution >= 0.6 is 0 Å². The van der Waals surface area contributed by atoms with Gasteiger partial charge in [-0.05, 0) is 66.3 Å². The lowest BCUT2D eigenvalue weighted by atomic mass is 9.95. The quantitative estimate of drug-likeness (QED) is 0.347. The molecule has 1 saturated heterocycles. The Labute approximate surface area is 219 Å². The Kier molecular flexibility index (Phi) is 7.79. The number of piperidine rings is 1. The maximum Gasteiger partial charge on any atom is 0.300 e. The van der Waals surface area contributed by atoms with E-state index in [1.54, 1.807) is 7.11 Å². The Morgan fingerprint density at radius 2 is 1.76 bits per heavy atom. The monoisotopic (exact) mass is 518 g/mol. The van der Waals surface area contributed by atoms with Crippen LogP contribution in [0, 0.1) is 11.7 Å². The van der Waals surface area contributed by atoms with Crippen LogP contribution in [0.2, 0.25) is 11.6 Å². The molecule has 5 rings (SSSR count). The molecule has 0 amide bonds. The van der Waals surface area contributed by atoms with Crippen molar-refractivity contribution in [3.8, 4) is 22.6 Å². The highest BCUT2D eigenvalue weighted by Gasteiger charge is 2.35. The number of halogens is 1. The van der Waals surface area contributed by atoms with Crippen molar-refractivity contribution in [2.24, 2.45) is 5.92 Å². The van der Waals surface area contributed by atoms with E-state index in [0.29, 0.717) is 18.1 Å². The van der Waals surface area contributed by atoms with E-state index in [1.807, 2.05) is 36.4 Å². The molecule has 5 nitrogen and oxygen atoms in total. The molecule has 0 bridgehead atoms. The number of carboxylic acids is 1. The summed E-state index contributed by atoms with van der Waals surface area (Å²) in [5.74, 6) is 1.17. The van der Waals surface area contributed by atoms with Crippen molar-refractivity contribution < 1.29 is 23.8 Å². The van der Waals surface area contributed by atoms with Crippen LogP contribution in [0.15, 0.2) is 66.7 Å². The van der Waals surface area contributed by atoms with Crippen molar-refractivity contribution in [1.82, 2.24) is 0 Å². The SMILES string of the molecule is COc1ccc(-c2ccc(F)cc2)c(N2CCC(COc3cccc([Si](CC(=O)O)C4CC4)c3)CC2)c1. The molecule has 0 spiro atoms. The second-order valence-corrected chi connectivity index (χ2v) is 12.8. The van der Waals surface area contributed by atoms with E-state index in [1.165, 1.54) is 17.3 Å². The number of methoxy groups -OCH3 is 1. The minimum Gasteiger partial charge on any atom is -0.497 e. The molecule has 0 unspecified atom stereocenters.